The first-order chi connectivity index (χ1) is 15.4. The van der Waals surface area contributed by atoms with Crippen molar-refractivity contribution in [2.24, 2.45) is 7.05 Å². The molecule has 2 aromatic carbocycles. The summed E-state index contributed by atoms with van der Waals surface area (Å²) in [5.74, 6) is 1.05. The molecule has 0 saturated carbocycles. The van der Waals surface area contributed by atoms with Crippen LogP contribution in [-0.4, -0.2) is 27.2 Å². The van der Waals surface area contributed by atoms with Crippen LogP contribution in [0.1, 0.15) is 54.8 Å². The van der Waals surface area contributed by atoms with Gasteiger partial charge in [-0.1, -0.05) is 50.6 Å². The highest BCUT2D eigenvalue weighted by molar-refractivity contribution is 5.67. The van der Waals surface area contributed by atoms with Crippen LogP contribution in [-0.2, 0) is 37.5 Å². The molecule has 0 unspecified atom stereocenters. The molecular weight excluding hydrogens is 400 g/mol. The van der Waals surface area contributed by atoms with Crippen LogP contribution in [0.2, 0.25) is 0 Å². The fourth-order valence-corrected chi connectivity index (χ4v) is 4.11. The van der Waals surface area contributed by atoms with E-state index in [1.54, 1.807) is 0 Å². The number of aryl methyl sites for hydroxylation is 4. The van der Waals surface area contributed by atoms with Crippen molar-refractivity contribution in [1.82, 2.24) is 9.55 Å². The number of imidazole rings is 1. The van der Waals surface area contributed by atoms with Gasteiger partial charge in [0.25, 0.3) is 0 Å². The predicted octanol–water partition coefficient (Wildman–Crippen LogP) is 5.55. The van der Waals surface area contributed by atoms with Gasteiger partial charge in [0.05, 0.1) is 12.3 Å². The van der Waals surface area contributed by atoms with E-state index in [9.17, 15) is 4.79 Å². The van der Waals surface area contributed by atoms with Gasteiger partial charge in [0.15, 0.2) is 0 Å². The molecular formula is C27H34N2O3. The first-order valence-corrected chi connectivity index (χ1v) is 11.5. The number of rotatable bonds is 11. The van der Waals surface area contributed by atoms with E-state index in [1.807, 2.05) is 12.1 Å². The number of ether oxygens (including phenoxy) is 1. The first-order valence-electron chi connectivity index (χ1n) is 11.5. The van der Waals surface area contributed by atoms with Gasteiger partial charge in [0, 0.05) is 31.1 Å². The maximum absolute atomic E-state index is 10.9. The van der Waals surface area contributed by atoms with Crippen molar-refractivity contribution in [3.05, 3.63) is 70.5 Å². The van der Waals surface area contributed by atoms with E-state index in [0.29, 0.717) is 13.0 Å². The summed E-state index contributed by atoms with van der Waals surface area (Å²) in [6.45, 7) is 6.91. The number of hydrogen-bond donors (Lipinski definition) is 1. The van der Waals surface area contributed by atoms with Crippen LogP contribution in [0.15, 0.2) is 42.5 Å². The minimum atomic E-state index is -0.764. The standard InChI is InChI=1S/C27H34N2O3/c1-5-7-23-18-24(14-12-21(23)13-15-26(30)31)32-17-16-25-19(3)28-27(29(25)4)22-10-8-20(6-2)9-11-22/h8-12,14,18H,5-7,13,15-17H2,1-4H3,(H,30,31). The Morgan fingerprint density at radius 2 is 1.78 bits per heavy atom. The first kappa shape index (κ1) is 23.6. The van der Waals surface area contributed by atoms with E-state index in [4.69, 9.17) is 14.8 Å². The summed E-state index contributed by atoms with van der Waals surface area (Å²) in [7, 11) is 2.06. The summed E-state index contributed by atoms with van der Waals surface area (Å²) < 4.78 is 8.24. The molecule has 0 spiro atoms. The van der Waals surface area contributed by atoms with Crippen molar-refractivity contribution in [3.8, 4) is 17.1 Å². The molecule has 1 aromatic heterocycles. The maximum atomic E-state index is 10.9. The molecule has 0 amide bonds. The second-order valence-electron chi connectivity index (χ2n) is 8.25. The van der Waals surface area contributed by atoms with Crippen molar-refractivity contribution >= 4 is 5.97 Å². The average Bonchev–Trinajstić information content (AvgIpc) is 3.07. The smallest absolute Gasteiger partial charge is 0.303 e. The van der Waals surface area contributed by atoms with Gasteiger partial charge in [0.2, 0.25) is 0 Å². The van der Waals surface area contributed by atoms with Crippen molar-refractivity contribution in [3.63, 3.8) is 0 Å². The highest BCUT2D eigenvalue weighted by Gasteiger charge is 2.14. The van der Waals surface area contributed by atoms with Gasteiger partial charge in [-0.15, -0.1) is 0 Å². The molecule has 0 radical (unpaired) electrons. The minimum Gasteiger partial charge on any atom is -0.493 e. The lowest BCUT2D eigenvalue weighted by atomic mass is 9.99. The van der Waals surface area contributed by atoms with E-state index < -0.39 is 5.97 Å². The molecule has 0 saturated heterocycles. The quantitative estimate of drug-likeness (QED) is 0.430. The Hall–Kier alpha value is -3.08. The predicted molar refractivity (Wildman–Crippen MR) is 128 cm³/mol. The number of carbonyl (C=O) groups is 1. The van der Waals surface area contributed by atoms with Crippen molar-refractivity contribution < 1.29 is 14.6 Å². The van der Waals surface area contributed by atoms with Crippen LogP contribution in [0.25, 0.3) is 11.4 Å². The van der Waals surface area contributed by atoms with Gasteiger partial charge in [-0.25, -0.2) is 4.98 Å². The average molecular weight is 435 g/mol. The molecule has 1 heterocycles. The largest absolute Gasteiger partial charge is 0.493 e. The van der Waals surface area contributed by atoms with Crippen LogP contribution >= 0.6 is 0 Å². The Balaban J connectivity index is 1.67. The normalized spacial score (nSPS) is 11.0. The second kappa shape index (κ2) is 11.0. The third-order valence-corrected chi connectivity index (χ3v) is 5.95. The lowest BCUT2D eigenvalue weighted by Crippen LogP contribution is -2.08. The van der Waals surface area contributed by atoms with E-state index in [-0.39, 0.29) is 6.42 Å². The SMILES string of the molecule is CCCc1cc(OCCc2c(C)nc(-c3ccc(CC)cc3)n2C)ccc1CCC(=O)O. The molecule has 32 heavy (non-hydrogen) atoms. The molecule has 0 aliphatic carbocycles. The lowest BCUT2D eigenvalue weighted by molar-refractivity contribution is -0.136. The number of aliphatic carboxylic acids is 1. The number of benzene rings is 2. The van der Waals surface area contributed by atoms with Crippen LogP contribution < -0.4 is 4.74 Å². The van der Waals surface area contributed by atoms with E-state index >= 15 is 0 Å². The van der Waals surface area contributed by atoms with Gasteiger partial charge >= 0.3 is 5.97 Å². The van der Waals surface area contributed by atoms with E-state index in [1.165, 1.54) is 16.8 Å². The van der Waals surface area contributed by atoms with Crippen molar-refractivity contribution in [2.75, 3.05) is 6.61 Å². The van der Waals surface area contributed by atoms with Gasteiger partial charge < -0.3 is 14.4 Å². The molecule has 0 bridgehead atoms. The zero-order valence-corrected chi connectivity index (χ0v) is 19.6. The summed E-state index contributed by atoms with van der Waals surface area (Å²) in [4.78, 5) is 15.7. The Morgan fingerprint density at radius 1 is 1.03 bits per heavy atom. The van der Waals surface area contributed by atoms with Gasteiger partial charge in [-0.2, -0.15) is 0 Å². The number of aromatic nitrogens is 2. The molecule has 5 nitrogen and oxygen atoms in total. The van der Waals surface area contributed by atoms with Crippen LogP contribution in [0.3, 0.4) is 0 Å². The maximum Gasteiger partial charge on any atom is 0.303 e. The van der Waals surface area contributed by atoms with Gasteiger partial charge in [-0.05, 0) is 55.0 Å². The molecule has 0 fully saturated rings. The lowest BCUT2D eigenvalue weighted by Gasteiger charge is -2.13. The minimum absolute atomic E-state index is 0.153. The number of carboxylic acids is 1. The molecule has 1 N–H and O–H groups in total. The van der Waals surface area contributed by atoms with E-state index in [0.717, 1.165) is 54.1 Å². The molecule has 3 aromatic rings. The Morgan fingerprint density at radius 3 is 2.44 bits per heavy atom. The van der Waals surface area contributed by atoms with Gasteiger partial charge in [0.1, 0.15) is 11.6 Å². The monoisotopic (exact) mass is 434 g/mol. The summed E-state index contributed by atoms with van der Waals surface area (Å²) in [5.41, 5.74) is 6.93. The fourth-order valence-electron chi connectivity index (χ4n) is 4.11. The molecule has 5 heteroatoms. The Labute approximate surface area is 191 Å². The van der Waals surface area contributed by atoms with Crippen molar-refractivity contribution in [2.45, 2.75) is 59.3 Å². The second-order valence-corrected chi connectivity index (χ2v) is 8.25. The van der Waals surface area contributed by atoms with Crippen LogP contribution in [0.4, 0.5) is 0 Å². The topological polar surface area (TPSA) is 64.4 Å². The zero-order chi connectivity index (χ0) is 23.1. The summed E-state index contributed by atoms with van der Waals surface area (Å²) in [5, 5.41) is 8.99. The fraction of sp³-hybridized carbons (Fsp3) is 0.407. The Kier molecular flexibility index (Phi) is 8.09. The summed E-state index contributed by atoms with van der Waals surface area (Å²) in [6.07, 6.45) is 4.45. The third kappa shape index (κ3) is 5.78. The number of hydrogen-bond acceptors (Lipinski definition) is 3. The number of carboxylic acid groups (broad SMARTS) is 1. The molecule has 0 atom stereocenters. The molecule has 0 aliphatic rings. The van der Waals surface area contributed by atoms with Crippen molar-refractivity contribution in [1.29, 1.82) is 0 Å². The summed E-state index contributed by atoms with van der Waals surface area (Å²) >= 11 is 0. The highest BCUT2D eigenvalue weighted by atomic mass is 16.5. The number of nitrogens with zero attached hydrogens (tertiary/aromatic N) is 2. The van der Waals surface area contributed by atoms with Gasteiger partial charge in [-0.3, -0.25) is 4.79 Å². The molecule has 0 aliphatic heterocycles. The molecule has 170 valence electrons. The Bertz CT molecular complexity index is 1050. The highest BCUT2D eigenvalue weighted by Crippen LogP contribution is 2.24. The molecule has 3 rings (SSSR count). The zero-order valence-electron chi connectivity index (χ0n) is 19.6. The van der Waals surface area contributed by atoms with E-state index in [2.05, 4.69) is 62.7 Å². The summed E-state index contributed by atoms with van der Waals surface area (Å²) in [6, 6.07) is 14.6. The van der Waals surface area contributed by atoms with Crippen LogP contribution in [0.5, 0.6) is 5.75 Å². The van der Waals surface area contributed by atoms with Crippen LogP contribution in [0, 0.1) is 6.92 Å². The third-order valence-electron chi connectivity index (χ3n) is 5.95.